The summed E-state index contributed by atoms with van der Waals surface area (Å²) < 4.78 is 63.0. The van der Waals surface area contributed by atoms with Gasteiger partial charge in [0.1, 0.15) is 16.5 Å². The fourth-order valence-corrected chi connectivity index (χ4v) is 6.11. The molecule has 0 atom stereocenters. The van der Waals surface area contributed by atoms with Crippen LogP contribution in [0.4, 0.5) is 14.5 Å². The summed E-state index contributed by atoms with van der Waals surface area (Å²) in [5.74, 6) is -2.61. The average molecular weight is 530 g/mol. The number of carboxylic acids is 1. The molecule has 0 aliphatic heterocycles. The van der Waals surface area contributed by atoms with E-state index in [1.54, 1.807) is 12.1 Å². The number of halogens is 2. The number of sulfonamides is 1. The van der Waals surface area contributed by atoms with Gasteiger partial charge in [-0.15, -0.1) is 0 Å². The first-order chi connectivity index (χ1) is 17.6. The molecule has 4 rings (SSSR count). The van der Waals surface area contributed by atoms with Gasteiger partial charge in [-0.1, -0.05) is 49.7 Å². The predicted molar refractivity (Wildman–Crippen MR) is 138 cm³/mol. The first kappa shape index (κ1) is 26.6. The molecule has 196 valence electrons. The Morgan fingerprint density at radius 3 is 2.32 bits per heavy atom. The number of rotatable bonds is 8. The molecule has 9 heteroatoms. The summed E-state index contributed by atoms with van der Waals surface area (Å²) >= 11 is 0. The highest BCUT2D eigenvalue weighted by Crippen LogP contribution is 2.38. The first-order valence-corrected chi connectivity index (χ1v) is 13.6. The van der Waals surface area contributed by atoms with Crippen LogP contribution in [-0.2, 0) is 10.0 Å². The fraction of sp³-hybridized carbons (Fsp3) is 0.321. The van der Waals surface area contributed by atoms with E-state index < -0.39 is 38.1 Å². The number of carboxylic acid groups (broad SMARTS) is 1. The van der Waals surface area contributed by atoms with Crippen molar-refractivity contribution in [3.63, 3.8) is 0 Å². The zero-order chi connectivity index (χ0) is 26.7. The molecule has 37 heavy (non-hydrogen) atoms. The van der Waals surface area contributed by atoms with Crippen LogP contribution in [0.3, 0.4) is 0 Å². The summed E-state index contributed by atoms with van der Waals surface area (Å²) in [6.07, 6.45) is 5.87. The monoisotopic (exact) mass is 529 g/mol. The number of aromatic carboxylic acids is 1. The maximum atomic E-state index is 15.5. The summed E-state index contributed by atoms with van der Waals surface area (Å²) in [6, 6.07) is 13.1. The van der Waals surface area contributed by atoms with Gasteiger partial charge in [0.05, 0.1) is 18.4 Å². The molecule has 0 unspecified atom stereocenters. The molecule has 1 aliphatic rings. The lowest BCUT2D eigenvalue weighted by Gasteiger charge is -2.28. The van der Waals surface area contributed by atoms with Crippen molar-refractivity contribution >= 4 is 21.7 Å². The number of nitrogens with one attached hydrogen (secondary N) is 1. The predicted octanol–water partition coefficient (Wildman–Crippen LogP) is 6.82. The summed E-state index contributed by atoms with van der Waals surface area (Å²) in [4.78, 5) is 10.5. The van der Waals surface area contributed by atoms with Gasteiger partial charge in [-0.3, -0.25) is 4.72 Å². The summed E-state index contributed by atoms with van der Waals surface area (Å²) in [5, 5.41) is 9.09. The lowest BCUT2D eigenvalue weighted by molar-refractivity contribution is 0.0691. The molecule has 3 aromatic carbocycles. The van der Waals surface area contributed by atoms with E-state index in [9.17, 15) is 17.6 Å². The molecule has 0 heterocycles. The topological polar surface area (TPSA) is 92.7 Å². The summed E-state index contributed by atoms with van der Waals surface area (Å²) in [7, 11) is -3.33. The third-order valence-electron chi connectivity index (χ3n) is 7.13. The minimum absolute atomic E-state index is 0.114. The van der Waals surface area contributed by atoms with Gasteiger partial charge in [-0.2, -0.15) is 0 Å². The van der Waals surface area contributed by atoms with Crippen LogP contribution in [-0.4, -0.2) is 26.6 Å². The van der Waals surface area contributed by atoms with E-state index in [-0.39, 0.29) is 17.0 Å². The molecular weight excluding hydrogens is 500 g/mol. The van der Waals surface area contributed by atoms with Crippen molar-refractivity contribution in [1.82, 2.24) is 0 Å². The Hall–Kier alpha value is -3.46. The standard InChI is InChI=1S/C28H29F2NO5S/c1-3-17-7-9-18(10-8-17)19-11-13-20(14-12-19)21-5-4-6-26(27(21)30)37(34,35)31-24-16-23(29)22(28(32)33)15-25(24)36-2/h4-6,11-18,31H,3,7-10H2,1-2H3,(H,32,33)/t17-,18-. The van der Waals surface area contributed by atoms with Gasteiger partial charge in [-0.05, 0) is 60.8 Å². The van der Waals surface area contributed by atoms with E-state index >= 15 is 4.39 Å². The summed E-state index contributed by atoms with van der Waals surface area (Å²) in [5.41, 5.74) is 0.813. The van der Waals surface area contributed by atoms with Crippen molar-refractivity contribution in [1.29, 1.82) is 0 Å². The summed E-state index contributed by atoms with van der Waals surface area (Å²) in [6.45, 7) is 2.22. The Morgan fingerprint density at radius 1 is 1.05 bits per heavy atom. The lowest BCUT2D eigenvalue weighted by atomic mass is 9.77. The van der Waals surface area contributed by atoms with Crippen LogP contribution in [0, 0.1) is 17.6 Å². The smallest absolute Gasteiger partial charge is 0.338 e. The molecule has 3 aromatic rings. The highest BCUT2D eigenvalue weighted by atomic mass is 32.2. The van der Waals surface area contributed by atoms with Crippen LogP contribution < -0.4 is 9.46 Å². The van der Waals surface area contributed by atoms with Crippen LogP contribution in [0.1, 0.15) is 60.9 Å². The van der Waals surface area contributed by atoms with Crippen LogP contribution in [0.5, 0.6) is 5.75 Å². The zero-order valence-corrected chi connectivity index (χ0v) is 21.4. The number of hydrogen-bond donors (Lipinski definition) is 2. The van der Waals surface area contributed by atoms with E-state index in [1.807, 2.05) is 12.1 Å². The number of anilines is 1. The van der Waals surface area contributed by atoms with E-state index in [2.05, 4.69) is 11.6 Å². The third kappa shape index (κ3) is 5.61. The number of methoxy groups -OCH3 is 1. The molecule has 0 radical (unpaired) electrons. The largest absolute Gasteiger partial charge is 0.495 e. The number of benzene rings is 3. The van der Waals surface area contributed by atoms with Crippen molar-refractivity contribution in [3.8, 4) is 16.9 Å². The molecular formula is C28H29F2NO5S. The highest BCUT2D eigenvalue weighted by molar-refractivity contribution is 7.92. The second-order valence-corrected chi connectivity index (χ2v) is 11.0. The van der Waals surface area contributed by atoms with E-state index in [1.165, 1.54) is 44.1 Å². The molecule has 2 N–H and O–H groups in total. The molecule has 0 bridgehead atoms. The van der Waals surface area contributed by atoms with Crippen LogP contribution >= 0.6 is 0 Å². The molecule has 0 saturated heterocycles. The second kappa shape index (κ2) is 10.9. The Kier molecular flexibility index (Phi) is 7.82. The molecule has 1 fully saturated rings. The van der Waals surface area contributed by atoms with E-state index in [0.717, 1.165) is 30.9 Å². The Balaban J connectivity index is 1.61. The maximum Gasteiger partial charge on any atom is 0.338 e. The van der Waals surface area contributed by atoms with Crippen molar-refractivity contribution in [2.75, 3.05) is 11.8 Å². The molecule has 6 nitrogen and oxygen atoms in total. The molecule has 0 amide bonds. The number of ether oxygens (including phenoxy) is 1. The Morgan fingerprint density at radius 2 is 1.73 bits per heavy atom. The van der Waals surface area contributed by atoms with Gasteiger partial charge in [0, 0.05) is 11.6 Å². The van der Waals surface area contributed by atoms with Crippen LogP contribution in [0.25, 0.3) is 11.1 Å². The lowest BCUT2D eigenvalue weighted by Crippen LogP contribution is -2.16. The van der Waals surface area contributed by atoms with E-state index in [0.29, 0.717) is 17.5 Å². The number of hydrogen-bond acceptors (Lipinski definition) is 4. The van der Waals surface area contributed by atoms with Gasteiger partial charge in [0.25, 0.3) is 10.0 Å². The minimum Gasteiger partial charge on any atom is -0.495 e. The average Bonchev–Trinajstić information content (AvgIpc) is 2.88. The van der Waals surface area contributed by atoms with Gasteiger partial charge in [0.2, 0.25) is 0 Å². The van der Waals surface area contributed by atoms with Gasteiger partial charge >= 0.3 is 5.97 Å². The van der Waals surface area contributed by atoms with Crippen molar-refractivity contribution < 1.29 is 31.8 Å². The van der Waals surface area contributed by atoms with Crippen LogP contribution in [0.15, 0.2) is 59.5 Å². The Labute approximate surface area is 215 Å². The van der Waals surface area contributed by atoms with Crippen molar-refractivity contribution in [2.45, 2.75) is 49.8 Å². The van der Waals surface area contributed by atoms with Crippen molar-refractivity contribution in [3.05, 3.63) is 77.4 Å². The van der Waals surface area contributed by atoms with Crippen LogP contribution in [0.2, 0.25) is 0 Å². The SMILES string of the molecule is CC[C@H]1CC[C@H](c2ccc(-c3cccc(S(=O)(=O)Nc4cc(F)c(C(=O)O)cc4OC)c3F)cc2)CC1. The molecule has 0 spiro atoms. The van der Waals surface area contributed by atoms with Gasteiger partial charge in [-0.25, -0.2) is 22.0 Å². The zero-order valence-electron chi connectivity index (χ0n) is 20.6. The molecule has 0 aromatic heterocycles. The minimum atomic E-state index is -4.51. The normalized spacial score (nSPS) is 17.8. The van der Waals surface area contributed by atoms with Crippen molar-refractivity contribution in [2.24, 2.45) is 5.92 Å². The fourth-order valence-electron chi connectivity index (χ4n) is 4.95. The molecule has 1 aliphatic carbocycles. The third-order valence-corrected chi connectivity index (χ3v) is 8.52. The maximum absolute atomic E-state index is 15.5. The van der Waals surface area contributed by atoms with E-state index in [4.69, 9.17) is 9.84 Å². The molecule has 1 saturated carbocycles. The second-order valence-electron chi connectivity index (χ2n) is 9.31. The van der Waals surface area contributed by atoms with Gasteiger partial charge in [0.15, 0.2) is 5.82 Å². The highest BCUT2D eigenvalue weighted by Gasteiger charge is 2.26. The Bertz CT molecular complexity index is 1400. The number of carbonyl (C=O) groups is 1. The van der Waals surface area contributed by atoms with Gasteiger partial charge < -0.3 is 9.84 Å². The first-order valence-electron chi connectivity index (χ1n) is 12.2. The quantitative estimate of drug-likeness (QED) is 0.334.